The lowest BCUT2D eigenvalue weighted by Gasteiger charge is -2.20. The lowest BCUT2D eigenvalue weighted by Crippen LogP contribution is -2.44. The zero-order valence-corrected chi connectivity index (χ0v) is 13.4. The van der Waals surface area contributed by atoms with Crippen LogP contribution in [0.5, 0.6) is 0 Å². The molecule has 0 atom stereocenters. The van der Waals surface area contributed by atoms with Crippen molar-refractivity contribution >= 4 is 16.1 Å². The molecule has 7 heteroatoms. The van der Waals surface area contributed by atoms with Crippen LogP contribution in [0.15, 0.2) is 30.3 Å². The lowest BCUT2D eigenvalue weighted by molar-refractivity contribution is 0.0954. The Morgan fingerprint density at radius 1 is 1.00 bits per heavy atom. The smallest absolute Gasteiger partial charge is 0.279 e. The minimum Gasteiger partial charge on any atom is -0.351 e. The maximum atomic E-state index is 12.2. The summed E-state index contributed by atoms with van der Waals surface area (Å²) in [5.41, 5.74) is 0.567. The first-order chi connectivity index (χ1) is 10.6. The molecule has 2 rings (SSSR count). The molecule has 0 bridgehead atoms. The number of amides is 1. The molecule has 1 fully saturated rings. The fraction of sp³-hybridized carbons (Fsp3) is 0.533. The fourth-order valence-corrected chi connectivity index (χ4v) is 3.70. The molecule has 0 unspecified atom stereocenters. The van der Waals surface area contributed by atoms with Gasteiger partial charge in [0, 0.05) is 31.7 Å². The summed E-state index contributed by atoms with van der Waals surface area (Å²) in [6, 6.07) is 8.85. The van der Waals surface area contributed by atoms with E-state index in [1.165, 1.54) is 4.31 Å². The first kappa shape index (κ1) is 16.9. The molecule has 1 aliphatic heterocycles. The molecule has 1 aliphatic rings. The number of carbonyl (C=O) groups is 1. The number of hydrogen-bond acceptors (Lipinski definition) is 3. The van der Waals surface area contributed by atoms with Crippen LogP contribution in [-0.4, -0.2) is 44.8 Å². The van der Waals surface area contributed by atoms with Gasteiger partial charge in [-0.3, -0.25) is 4.79 Å². The van der Waals surface area contributed by atoms with Crippen molar-refractivity contribution in [3.63, 3.8) is 0 Å². The van der Waals surface area contributed by atoms with E-state index in [1.807, 2.05) is 6.07 Å². The van der Waals surface area contributed by atoms with Crippen LogP contribution in [0.25, 0.3) is 0 Å². The van der Waals surface area contributed by atoms with Crippen LogP contribution in [-0.2, 0) is 10.2 Å². The molecule has 6 nitrogen and oxygen atoms in total. The predicted molar refractivity (Wildman–Crippen MR) is 85.7 cm³/mol. The first-order valence-electron chi connectivity index (χ1n) is 7.67. The molecule has 0 aromatic heterocycles. The maximum absolute atomic E-state index is 12.2. The Morgan fingerprint density at radius 2 is 1.64 bits per heavy atom. The predicted octanol–water partition coefficient (Wildman–Crippen LogP) is 1.13. The van der Waals surface area contributed by atoms with E-state index in [0.717, 1.165) is 25.7 Å². The third kappa shape index (κ3) is 5.08. The zero-order valence-electron chi connectivity index (χ0n) is 12.6. The highest BCUT2D eigenvalue weighted by atomic mass is 32.2. The largest absolute Gasteiger partial charge is 0.351 e. The Kier molecular flexibility index (Phi) is 6.35. The summed E-state index contributed by atoms with van der Waals surface area (Å²) < 4.78 is 28.4. The number of benzene rings is 1. The van der Waals surface area contributed by atoms with E-state index in [-0.39, 0.29) is 19.0 Å². The van der Waals surface area contributed by atoms with E-state index in [0.29, 0.717) is 18.7 Å². The van der Waals surface area contributed by atoms with Crippen LogP contribution in [0.2, 0.25) is 0 Å². The molecule has 1 saturated heterocycles. The number of carbonyl (C=O) groups excluding carboxylic acids is 1. The number of hydrogen-bond donors (Lipinski definition) is 2. The SMILES string of the molecule is O=C(NCCNS(=O)(=O)N1CCCCCC1)c1ccccc1. The van der Waals surface area contributed by atoms with Crippen molar-refractivity contribution in [2.45, 2.75) is 25.7 Å². The molecule has 0 spiro atoms. The molecule has 0 saturated carbocycles. The summed E-state index contributed by atoms with van der Waals surface area (Å²) >= 11 is 0. The van der Waals surface area contributed by atoms with E-state index in [1.54, 1.807) is 24.3 Å². The Labute approximate surface area is 132 Å². The Morgan fingerprint density at radius 3 is 2.27 bits per heavy atom. The van der Waals surface area contributed by atoms with Gasteiger partial charge in [0.1, 0.15) is 0 Å². The Bertz CT molecular complexity index is 567. The van der Waals surface area contributed by atoms with E-state index in [9.17, 15) is 13.2 Å². The second-order valence-electron chi connectivity index (χ2n) is 5.33. The highest BCUT2D eigenvalue weighted by Gasteiger charge is 2.22. The third-order valence-corrected chi connectivity index (χ3v) is 5.25. The molecule has 0 aliphatic carbocycles. The minimum atomic E-state index is -3.44. The van der Waals surface area contributed by atoms with Crippen molar-refractivity contribution in [2.75, 3.05) is 26.2 Å². The summed E-state index contributed by atoms with van der Waals surface area (Å²) in [6.45, 7) is 1.61. The first-order valence-corrected chi connectivity index (χ1v) is 9.11. The molecular weight excluding hydrogens is 302 g/mol. The molecule has 122 valence electrons. The van der Waals surface area contributed by atoms with Gasteiger partial charge in [-0.1, -0.05) is 31.0 Å². The highest BCUT2D eigenvalue weighted by molar-refractivity contribution is 7.87. The van der Waals surface area contributed by atoms with E-state index >= 15 is 0 Å². The van der Waals surface area contributed by atoms with Crippen molar-refractivity contribution in [3.05, 3.63) is 35.9 Å². The fourth-order valence-electron chi connectivity index (χ4n) is 2.42. The van der Waals surface area contributed by atoms with Crippen LogP contribution in [0, 0.1) is 0 Å². The van der Waals surface area contributed by atoms with E-state index in [4.69, 9.17) is 0 Å². The van der Waals surface area contributed by atoms with Crippen LogP contribution in [0.1, 0.15) is 36.0 Å². The topological polar surface area (TPSA) is 78.5 Å². The van der Waals surface area contributed by atoms with Crippen molar-refractivity contribution < 1.29 is 13.2 Å². The zero-order chi connectivity index (χ0) is 15.8. The quantitative estimate of drug-likeness (QED) is 0.770. The van der Waals surface area contributed by atoms with Gasteiger partial charge in [0.05, 0.1) is 0 Å². The van der Waals surface area contributed by atoms with Crippen LogP contribution >= 0.6 is 0 Å². The van der Waals surface area contributed by atoms with Crippen molar-refractivity contribution in [1.29, 1.82) is 0 Å². The number of rotatable bonds is 6. The normalized spacial score (nSPS) is 16.9. The average molecular weight is 325 g/mol. The molecular formula is C15H23N3O3S. The summed E-state index contributed by atoms with van der Waals surface area (Å²) in [4.78, 5) is 11.8. The monoisotopic (exact) mass is 325 g/mol. The van der Waals surface area contributed by atoms with Gasteiger partial charge < -0.3 is 5.32 Å². The second-order valence-corrected chi connectivity index (χ2v) is 7.09. The van der Waals surface area contributed by atoms with Gasteiger partial charge in [-0.05, 0) is 25.0 Å². The maximum Gasteiger partial charge on any atom is 0.279 e. The van der Waals surface area contributed by atoms with Gasteiger partial charge >= 0.3 is 0 Å². The van der Waals surface area contributed by atoms with Crippen molar-refractivity contribution in [2.24, 2.45) is 0 Å². The summed E-state index contributed by atoms with van der Waals surface area (Å²) in [7, 11) is -3.44. The standard InChI is InChI=1S/C15H23N3O3S/c19-15(14-8-4-3-5-9-14)16-10-11-17-22(20,21)18-12-6-1-2-7-13-18/h3-5,8-9,17H,1-2,6-7,10-13H2,(H,16,19). The summed E-state index contributed by atoms with van der Waals surface area (Å²) in [5.74, 6) is -0.199. The molecule has 1 amide bonds. The van der Waals surface area contributed by atoms with Gasteiger partial charge in [-0.25, -0.2) is 4.72 Å². The minimum absolute atomic E-state index is 0.192. The Balaban J connectivity index is 1.74. The van der Waals surface area contributed by atoms with Crippen LogP contribution in [0.3, 0.4) is 0 Å². The molecule has 1 heterocycles. The van der Waals surface area contributed by atoms with E-state index < -0.39 is 10.2 Å². The molecule has 2 N–H and O–H groups in total. The van der Waals surface area contributed by atoms with Gasteiger partial charge in [-0.15, -0.1) is 0 Å². The van der Waals surface area contributed by atoms with Crippen LogP contribution in [0.4, 0.5) is 0 Å². The van der Waals surface area contributed by atoms with Gasteiger partial charge in [0.2, 0.25) is 0 Å². The van der Waals surface area contributed by atoms with Crippen LogP contribution < -0.4 is 10.0 Å². The summed E-state index contributed by atoms with van der Waals surface area (Å²) in [5, 5.41) is 2.70. The van der Waals surface area contributed by atoms with Crippen molar-refractivity contribution in [1.82, 2.24) is 14.3 Å². The molecule has 1 aromatic carbocycles. The molecule has 1 aromatic rings. The van der Waals surface area contributed by atoms with Gasteiger partial charge in [0.15, 0.2) is 0 Å². The van der Waals surface area contributed by atoms with Crippen molar-refractivity contribution in [3.8, 4) is 0 Å². The average Bonchev–Trinajstić information content (AvgIpc) is 2.82. The highest BCUT2D eigenvalue weighted by Crippen LogP contribution is 2.12. The lowest BCUT2D eigenvalue weighted by atomic mass is 10.2. The number of nitrogens with zero attached hydrogens (tertiary/aromatic N) is 1. The molecule has 22 heavy (non-hydrogen) atoms. The third-order valence-electron chi connectivity index (χ3n) is 3.64. The molecule has 0 radical (unpaired) electrons. The van der Waals surface area contributed by atoms with Gasteiger partial charge in [0.25, 0.3) is 16.1 Å². The summed E-state index contributed by atoms with van der Waals surface area (Å²) in [6.07, 6.45) is 3.98. The van der Waals surface area contributed by atoms with Gasteiger partial charge in [-0.2, -0.15) is 12.7 Å². The number of nitrogens with one attached hydrogen (secondary N) is 2. The Hall–Kier alpha value is -1.44. The second kappa shape index (κ2) is 8.26. The van der Waals surface area contributed by atoms with E-state index in [2.05, 4.69) is 10.0 Å².